The van der Waals surface area contributed by atoms with Crippen LogP contribution in [0.3, 0.4) is 0 Å². The Hall–Kier alpha value is -0.570. The molecule has 0 aliphatic rings. The normalized spacial score (nSPS) is 13.5. The van der Waals surface area contributed by atoms with Gasteiger partial charge in [0.1, 0.15) is 0 Å². The molecule has 0 spiro atoms. The van der Waals surface area contributed by atoms with Crippen LogP contribution in [-0.4, -0.2) is 38.6 Å². The van der Waals surface area contributed by atoms with Gasteiger partial charge in [0.05, 0.1) is 13.0 Å². The number of carbonyl (C=O) groups is 1. The van der Waals surface area contributed by atoms with E-state index in [0.29, 0.717) is 5.92 Å². The quantitative estimate of drug-likeness (QED) is 0.609. The van der Waals surface area contributed by atoms with Crippen LogP contribution in [-0.2, 0) is 9.53 Å². The third-order valence-electron chi connectivity index (χ3n) is 1.88. The van der Waals surface area contributed by atoms with E-state index in [1.54, 1.807) is 0 Å². The van der Waals surface area contributed by atoms with E-state index in [-0.39, 0.29) is 11.9 Å². The second-order valence-electron chi connectivity index (χ2n) is 4.11. The molecule has 1 unspecified atom stereocenters. The molecule has 0 aliphatic heterocycles. The van der Waals surface area contributed by atoms with Gasteiger partial charge in [-0.2, -0.15) is 0 Å². The van der Waals surface area contributed by atoms with Crippen LogP contribution in [0.2, 0.25) is 0 Å². The van der Waals surface area contributed by atoms with Crippen molar-refractivity contribution in [3.8, 4) is 0 Å². The van der Waals surface area contributed by atoms with Crippen molar-refractivity contribution in [2.24, 2.45) is 11.8 Å². The summed E-state index contributed by atoms with van der Waals surface area (Å²) in [6, 6.07) is 0. The van der Waals surface area contributed by atoms with Gasteiger partial charge in [0, 0.05) is 6.54 Å². The highest BCUT2D eigenvalue weighted by molar-refractivity contribution is 5.72. The Morgan fingerprint density at radius 3 is 2.23 bits per heavy atom. The lowest BCUT2D eigenvalue weighted by Gasteiger charge is -2.20. The topological polar surface area (TPSA) is 29.5 Å². The summed E-state index contributed by atoms with van der Waals surface area (Å²) in [7, 11) is 5.39. The minimum Gasteiger partial charge on any atom is -0.469 e. The van der Waals surface area contributed by atoms with Crippen LogP contribution in [0, 0.1) is 11.8 Å². The van der Waals surface area contributed by atoms with E-state index in [4.69, 9.17) is 4.74 Å². The first-order valence-corrected chi connectivity index (χ1v) is 4.70. The van der Waals surface area contributed by atoms with Gasteiger partial charge in [0.15, 0.2) is 0 Å². The van der Waals surface area contributed by atoms with Crippen LogP contribution in [0.4, 0.5) is 0 Å². The Labute approximate surface area is 81.1 Å². The summed E-state index contributed by atoms with van der Waals surface area (Å²) in [5.41, 5.74) is 0. The number of ether oxygens (including phenoxy) is 1. The molecule has 0 aromatic rings. The molecule has 3 heteroatoms. The molecular formula is C10H21NO2. The minimum absolute atomic E-state index is 0.0139. The van der Waals surface area contributed by atoms with Gasteiger partial charge in [-0.15, -0.1) is 0 Å². The molecule has 78 valence electrons. The maximum absolute atomic E-state index is 11.3. The second kappa shape index (κ2) is 5.97. The Balaban J connectivity index is 4.10. The number of hydrogen-bond acceptors (Lipinski definition) is 3. The monoisotopic (exact) mass is 187 g/mol. The first kappa shape index (κ1) is 12.4. The molecule has 0 heterocycles. The Morgan fingerprint density at radius 2 is 1.92 bits per heavy atom. The molecule has 0 aliphatic carbocycles. The van der Waals surface area contributed by atoms with Crippen molar-refractivity contribution >= 4 is 5.97 Å². The fraction of sp³-hybridized carbons (Fsp3) is 0.900. The van der Waals surface area contributed by atoms with Crippen molar-refractivity contribution < 1.29 is 9.53 Å². The molecule has 3 nitrogen and oxygen atoms in total. The third-order valence-corrected chi connectivity index (χ3v) is 1.88. The number of rotatable bonds is 5. The van der Waals surface area contributed by atoms with E-state index >= 15 is 0 Å². The van der Waals surface area contributed by atoms with Crippen molar-refractivity contribution in [3.63, 3.8) is 0 Å². The van der Waals surface area contributed by atoms with Crippen molar-refractivity contribution in [1.82, 2.24) is 4.90 Å². The van der Waals surface area contributed by atoms with Gasteiger partial charge in [-0.1, -0.05) is 13.8 Å². The molecule has 1 atom stereocenters. The highest BCUT2D eigenvalue weighted by Crippen LogP contribution is 2.13. The van der Waals surface area contributed by atoms with Crippen molar-refractivity contribution in [2.45, 2.75) is 20.3 Å². The third kappa shape index (κ3) is 5.64. The summed E-state index contributed by atoms with van der Waals surface area (Å²) in [6.07, 6.45) is 0.894. The Kier molecular flexibility index (Phi) is 5.71. The molecule has 0 aromatic heterocycles. The maximum Gasteiger partial charge on any atom is 0.309 e. The summed E-state index contributed by atoms with van der Waals surface area (Å²) >= 11 is 0. The fourth-order valence-corrected chi connectivity index (χ4v) is 1.42. The molecule has 0 rings (SSSR count). The highest BCUT2D eigenvalue weighted by atomic mass is 16.5. The van der Waals surface area contributed by atoms with Gasteiger partial charge < -0.3 is 9.64 Å². The van der Waals surface area contributed by atoms with Gasteiger partial charge in [0.25, 0.3) is 0 Å². The summed E-state index contributed by atoms with van der Waals surface area (Å²) in [6.45, 7) is 5.00. The van der Waals surface area contributed by atoms with Gasteiger partial charge in [-0.05, 0) is 26.4 Å². The summed E-state index contributed by atoms with van der Waals surface area (Å²) < 4.78 is 4.75. The predicted molar refractivity (Wildman–Crippen MR) is 53.5 cm³/mol. The van der Waals surface area contributed by atoms with Crippen LogP contribution in [0.15, 0.2) is 0 Å². The molecule has 0 radical (unpaired) electrons. The lowest BCUT2D eigenvalue weighted by Crippen LogP contribution is -2.29. The number of carbonyl (C=O) groups excluding carboxylic acids is 1. The van der Waals surface area contributed by atoms with E-state index < -0.39 is 0 Å². The first-order chi connectivity index (χ1) is 5.97. The number of nitrogens with zero attached hydrogens (tertiary/aromatic N) is 1. The van der Waals surface area contributed by atoms with Crippen LogP contribution < -0.4 is 0 Å². The first-order valence-electron chi connectivity index (χ1n) is 4.70. The van der Waals surface area contributed by atoms with E-state index in [1.807, 2.05) is 19.0 Å². The van der Waals surface area contributed by atoms with Crippen LogP contribution in [0.1, 0.15) is 20.3 Å². The fourth-order valence-electron chi connectivity index (χ4n) is 1.42. The zero-order valence-electron chi connectivity index (χ0n) is 9.33. The van der Waals surface area contributed by atoms with E-state index in [2.05, 4.69) is 13.8 Å². The van der Waals surface area contributed by atoms with Gasteiger partial charge in [0.2, 0.25) is 0 Å². The standard InChI is InChI=1S/C10H21NO2/c1-8(2)6-9(7-11(3)4)10(12)13-5/h8-9H,6-7H2,1-5H3. The summed E-state index contributed by atoms with van der Waals surface area (Å²) in [4.78, 5) is 13.4. The smallest absolute Gasteiger partial charge is 0.309 e. The molecular weight excluding hydrogens is 166 g/mol. The Bertz CT molecular complexity index is 145. The molecule has 0 amide bonds. The number of hydrogen-bond donors (Lipinski definition) is 0. The Morgan fingerprint density at radius 1 is 1.38 bits per heavy atom. The van der Waals surface area contributed by atoms with Crippen LogP contribution >= 0.6 is 0 Å². The molecule has 0 aromatic carbocycles. The van der Waals surface area contributed by atoms with Crippen LogP contribution in [0.5, 0.6) is 0 Å². The van der Waals surface area contributed by atoms with Gasteiger partial charge in [-0.3, -0.25) is 4.79 Å². The van der Waals surface area contributed by atoms with E-state index in [9.17, 15) is 4.79 Å². The van der Waals surface area contributed by atoms with Crippen molar-refractivity contribution in [2.75, 3.05) is 27.7 Å². The van der Waals surface area contributed by atoms with E-state index in [0.717, 1.165) is 13.0 Å². The lowest BCUT2D eigenvalue weighted by atomic mass is 9.97. The highest BCUT2D eigenvalue weighted by Gasteiger charge is 2.20. The average Bonchev–Trinajstić information content (AvgIpc) is 2.00. The SMILES string of the molecule is COC(=O)C(CC(C)C)CN(C)C. The van der Waals surface area contributed by atoms with E-state index in [1.165, 1.54) is 7.11 Å². The minimum atomic E-state index is -0.0950. The number of methoxy groups -OCH3 is 1. The summed E-state index contributed by atoms with van der Waals surface area (Å²) in [5.74, 6) is 0.450. The van der Waals surface area contributed by atoms with Gasteiger partial charge in [-0.25, -0.2) is 0 Å². The lowest BCUT2D eigenvalue weighted by molar-refractivity contribution is -0.146. The molecule has 0 saturated carbocycles. The average molecular weight is 187 g/mol. The molecule has 0 fully saturated rings. The largest absolute Gasteiger partial charge is 0.469 e. The molecule has 0 bridgehead atoms. The number of esters is 1. The molecule has 0 N–H and O–H groups in total. The zero-order valence-corrected chi connectivity index (χ0v) is 9.33. The van der Waals surface area contributed by atoms with Gasteiger partial charge >= 0.3 is 5.97 Å². The predicted octanol–water partition coefficient (Wildman–Crippen LogP) is 1.38. The summed E-state index contributed by atoms with van der Waals surface area (Å²) in [5, 5.41) is 0. The van der Waals surface area contributed by atoms with Crippen molar-refractivity contribution in [1.29, 1.82) is 0 Å². The molecule has 13 heavy (non-hydrogen) atoms. The second-order valence-corrected chi connectivity index (χ2v) is 4.11. The maximum atomic E-state index is 11.3. The van der Waals surface area contributed by atoms with Crippen molar-refractivity contribution in [3.05, 3.63) is 0 Å². The zero-order chi connectivity index (χ0) is 10.4. The van der Waals surface area contributed by atoms with Crippen LogP contribution in [0.25, 0.3) is 0 Å². The molecule has 0 saturated heterocycles.